The zero-order chi connectivity index (χ0) is 17.9. The molecule has 5 heteroatoms. The first-order valence-corrected chi connectivity index (χ1v) is 9.62. The topological polar surface area (TPSA) is 25.2 Å². The summed E-state index contributed by atoms with van der Waals surface area (Å²) in [6.07, 6.45) is 12.4. The Morgan fingerprint density at radius 2 is 2.08 bits per heavy atom. The van der Waals surface area contributed by atoms with Crippen molar-refractivity contribution in [1.29, 1.82) is 0 Å². The summed E-state index contributed by atoms with van der Waals surface area (Å²) in [6, 6.07) is 1.90. The van der Waals surface area contributed by atoms with E-state index >= 15 is 4.39 Å². The van der Waals surface area contributed by atoms with Crippen LogP contribution in [-0.4, -0.2) is 23.3 Å². The molecule has 0 N–H and O–H groups in total. The standard InChI is InChI=1S/C20H26ClFN2O/c1-2-3-12-24-13-9-17(18(21)19(24)25)23-14-10-20(22,11-15-23)16-7-5-4-6-8-16/h4-5,7,9,13H,2-3,6,8,10-12,14-15H2,1H3. The zero-order valence-corrected chi connectivity index (χ0v) is 15.6. The van der Waals surface area contributed by atoms with Crippen molar-refractivity contribution in [2.45, 2.75) is 57.7 Å². The molecule has 3 rings (SSSR count). The Bertz CT molecular complexity index is 730. The van der Waals surface area contributed by atoms with E-state index in [0.717, 1.165) is 36.9 Å². The average Bonchev–Trinajstić information content (AvgIpc) is 2.65. The Labute approximate surface area is 153 Å². The van der Waals surface area contributed by atoms with Crippen LogP contribution in [0.2, 0.25) is 5.02 Å². The Morgan fingerprint density at radius 3 is 2.72 bits per heavy atom. The van der Waals surface area contributed by atoms with Gasteiger partial charge in [-0.1, -0.05) is 43.2 Å². The van der Waals surface area contributed by atoms with E-state index < -0.39 is 5.67 Å². The minimum atomic E-state index is -1.22. The third-order valence-corrected chi connectivity index (χ3v) is 5.68. The van der Waals surface area contributed by atoms with E-state index in [1.165, 1.54) is 0 Å². The van der Waals surface area contributed by atoms with E-state index in [9.17, 15) is 4.79 Å². The van der Waals surface area contributed by atoms with Gasteiger partial charge in [0.2, 0.25) is 0 Å². The largest absolute Gasteiger partial charge is 0.370 e. The molecule has 1 aliphatic heterocycles. The molecule has 1 saturated heterocycles. The van der Waals surface area contributed by atoms with Crippen LogP contribution < -0.4 is 10.5 Å². The van der Waals surface area contributed by atoms with Gasteiger partial charge in [0.25, 0.3) is 5.56 Å². The third-order valence-electron chi connectivity index (χ3n) is 5.32. The lowest BCUT2D eigenvalue weighted by atomic mass is 9.82. The van der Waals surface area contributed by atoms with Gasteiger partial charge in [-0.25, -0.2) is 4.39 Å². The quantitative estimate of drug-likeness (QED) is 0.743. The predicted octanol–water partition coefficient (Wildman–Crippen LogP) is 4.89. The summed E-state index contributed by atoms with van der Waals surface area (Å²) in [5.74, 6) is 0. The SMILES string of the molecule is CCCCn1ccc(N2CCC(F)(C3=CC=CCC3)CC2)c(Cl)c1=O. The van der Waals surface area contributed by atoms with Gasteiger partial charge in [0.1, 0.15) is 10.7 Å². The second kappa shape index (κ2) is 7.77. The summed E-state index contributed by atoms with van der Waals surface area (Å²) in [7, 11) is 0. The fourth-order valence-electron chi connectivity index (χ4n) is 3.68. The van der Waals surface area contributed by atoms with Crippen molar-refractivity contribution in [3.05, 3.63) is 51.4 Å². The molecule has 1 fully saturated rings. The van der Waals surface area contributed by atoms with Crippen LogP contribution in [-0.2, 0) is 6.54 Å². The Kier molecular flexibility index (Phi) is 5.67. The average molecular weight is 365 g/mol. The second-order valence-electron chi connectivity index (χ2n) is 6.98. The van der Waals surface area contributed by atoms with Crippen LogP contribution >= 0.6 is 11.6 Å². The van der Waals surface area contributed by atoms with Gasteiger partial charge in [-0.3, -0.25) is 4.79 Å². The van der Waals surface area contributed by atoms with Crippen LogP contribution in [0.25, 0.3) is 0 Å². The molecule has 0 amide bonds. The highest BCUT2D eigenvalue weighted by molar-refractivity contribution is 6.33. The lowest BCUT2D eigenvalue weighted by Gasteiger charge is -2.39. The van der Waals surface area contributed by atoms with Crippen LogP contribution in [0.15, 0.2) is 40.9 Å². The fourth-order valence-corrected chi connectivity index (χ4v) is 3.98. The molecule has 1 aromatic rings. The monoisotopic (exact) mass is 364 g/mol. The highest BCUT2D eigenvalue weighted by atomic mass is 35.5. The lowest BCUT2D eigenvalue weighted by molar-refractivity contribution is 0.164. The van der Waals surface area contributed by atoms with E-state index in [1.807, 2.05) is 29.3 Å². The summed E-state index contributed by atoms with van der Waals surface area (Å²) in [6.45, 7) is 3.94. The fraction of sp³-hybridized carbons (Fsp3) is 0.550. The molecule has 0 saturated carbocycles. The van der Waals surface area contributed by atoms with Crippen molar-refractivity contribution < 1.29 is 4.39 Å². The number of pyridine rings is 1. The molecule has 1 aliphatic carbocycles. The first-order chi connectivity index (χ1) is 12.0. The first-order valence-electron chi connectivity index (χ1n) is 9.24. The first kappa shape index (κ1) is 18.2. The van der Waals surface area contributed by atoms with E-state index in [1.54, 1.807) is 4.57 Å². The summed E-state index contributed by atoms with van der Waals surface area (Å²) in [4.78, 5) is 14.5. The molecular weight excluding hydrogens is 339 g/mol. The third kappa shape index (κ3) is 3.84. The molecule has 25 heavy (non-hydrogen) atoms. The number of nitrogens with zero attached hydrogens (tertiary/aromatic N) is 2. The number of hydrogen-bond donors (Lipinski definition) is 0. The number of allylic oxidation sites excluding steroid dienone is 4. The molecule has 0 bridgehead atoms. The molecule has 136 valence electrons. The number of alkyl halides is 1. The van der Waals surface area contributed by atoms with Gasteiger partial charge in [-0.05, 0) is 30.9 Å². The number of aryl methyl sites for hydroxylation is 1. The number of anilines is 1. The molecule has 0 aromatic carbocycles. The summed E-state index contributed by atoms with van der Waals surface area (Å²) < 4.78 is 17.0. The molecule has 1 aromatic heterocycles. The molecule has 2 aliphatic rings. The summed E-state index contributed by atoms with van der Waals surface area (Å²) >= 11 is 6.34. The van der Waals surface area contributed by atoms with Crippen molar-refractivity contribution in [3.8, 4) is 0 Å². The van der Waals surface area contributed by atoms with Crippen LogP contribution in [0, 0.1) is 0 Å². The molecule has 0 radical (unpaired) electrons. The molecule has 3 nitrogen and oxygen atoms in total. The van der Waals surface area contributed by atoms with Gasteiger partial charge in [-0.15, -0.1) is 0 Å². The smallest absolute Gasteiger partial charge is 0.271 e. The van der Waals surface area contributed by atoms with Gasteiger partial charge in [-0.2, -0.15) is 0 Å². The lowest BCUT2D eigenvalue weighted by Crippen LogP contribution is -2.43. The predicted molar refractivity (Wildman–Crippen MR) is 102 cm³/mol. The highest BCUT2D eigenvalue weighted by Crippen LogP contribution is 2.39. The van der Waals surface area contributed by atoms with E-state index in [-0.39, 0.29) is 10.6 Å². The molecule has 0 spiro atoms. The number of piperidine rings is 1. The van der Waals surface area contributed by atoms with Gasteiger partial charge < -0.3 is 9.47 Å². The van der Waals surface area contributed by atoms with Gasteiger partial charge >= 0.3 is 0 Å². The molecule has 2 heterocycles. The van der Waals surface area contributed by atoms with Gasteiger partial charge in [0.05, 0.1) is 5.69 Å². The maximum Gasteiger partial charge on any atom is 0.271 e. The minimum absolute atomic E-state index is 0.148. The summed E-state index contributed by atoms with van der Waals surface area (Å²) in [5, 5.41) is 0.254. The highest BCUT2D eigenvalue weighted by Gasteiger charge is 2.38. The molecule has 0 atom stereocenters. The number of halogens is 2. The van der Waals surface area contributed by atoms with Gasteiger partial charge in [0.15, 0.2) is 0 Å². The Morgan fingerprint density at radius 1 is 1.32 bits per heavy atom. The zero-order valence-electron chi connectivity index (χ0n) is 14.8. The summed E-state index contributed by atoms with van der Waals surface area (Å²) in [5.41, 5.74) is 0.281. The van der Waals surface area contributed by atoms with E-state index in [4.69, 9.17) is 11.6 Å². The van der Waals surface area contributed by atoms with Crippen molar-refractivity contribution in [1.82, 2.24) is 4.57 Å². The number of hydrogen-bond acceptors (Lipinski definition) is 2. The number of unbranched alkanes of at least 4 members (excludes halogenated alkanes) is 1. The van der Waals surface area contributed by atoms with Crippen molar-refractivity contribution in [2.24, 2.45) is 0 Å². The number of aromatic nitrogens is 1. The van der Waals surface area contributed by atoms with Crippen molar-refractivity contribution in [2.75, 3.05) is 18.0 Å². The Hall–Kier alpha value is -1.55. The Balaban J connectivity index is 1.73. The maximum atomic E-state index is 15.3. The van der Waals surface area contributed by atoms with E-state index in [2.05, 4.69) is 13.0 Å². The van der Waals surface area contributed by atoms with E-state index in [0.29, 0.717) is 32.5 Å². The van der Waals surface area contributed by atoms with Crippen LogP contribution in [0.4, 0.5) is 10.1 Å². The maximum absolute atomic E-state index is 15.3. The number of rotatable bonds is 5. The van der Waals surface area contributed by atoms with Crippen LogP contribution in [0.5, 0.6) is 0 Å². The second-order valence-corrected chi connectivity index (χ2v) is 7.36. The molecular formula is C20H26ClFN2O. The van der Waals surface area contributed by atoms with Crippen molar-refractivity contribution in [3.63, 3.8) is 0 Å². The van der Waals surface area contributed by atoms with Crippen LogP contribution in [0.1, 0.15) is 45.4 Å². The molecule has 0 unspecified atom stereocenters. The van der Waals surface area contributed by atoms with Gasteiger partial charge in [0, 0.05) is 38.7 Å². The van der Waals surface area contributed by atoms with Crippen LogP contribution in [0.3, 0.4) is 0 Å². The van der Waals surface area contributed by atoms with Crippen molar-refractivity contribution >= 4 is 17.3 Å². The minimum Gasteiger partial charge on any atom is -0.370 e. The normalized spacial score (nSPS) is 19.8.